The standard InChI is InChI=1S/C20H18ClN3O4/c1-3-27-16-10-13(9-15(21)19(16)25)11-22-23-20(26)17-12(2)28-24-18(17)14-7-5-4-6-8-14/h4-11,25H,3H2,1-2H3,(H,23,26)/b22-11+. The molecule has 8 heteroatoms. The van der Waals surface area contributed by atoms with Gasteiger partial charge in [0.25, 0.3) is 5.91 Å². The molecule has 144 valence electrons. The van der Waals surface area contributed by atoms with Crippen molar-refractivity contribution in [2.75, 3.05) is 6.61 Å². The Morgan fingerprint density at radius 1 is 1.36 bits per heavy atom. The Hall–Kier alpha value is -3.32. The normalized spacial score (nSPS) is 11.0. The van der Waals surface area contributed by atoms with Crippen LogP contribution in [0.1, 0.15) is 28.6 Å². The van der Waals surface area contributed by atoms with Gasteiger partial charge in [-0.15, -0.1) is 0 Å². The second-order valence-electron chi connectivity index (χ2n) is 5.81. The lowest BCUT2D eigenvalue weighted by atomic mass is 10.1. The SMILES string of the molecule is CCOc1cc(/C=N/NC(=O)c2c(-c3ccccc3)noc2C)cc(Cl)c1O. The van der Waals surface area contributed by atoms with Crippen LogP contribution in [-0.2, 0) is 0 Å². The minimum absolute atomic E-state index is 0.125. The van der Waals surface area contributed by atoms with Gasteiger partial charge in [0.2, 0.25) is 0 Å². The third-order valence-electron chi connectivity index (χ3n) is 3.87. The lowest BCUT2D eigenvalue weighted by molar-refractivity contribution is 0.0954. The van der Waals surface area contributed by atoms with Gasteiger partial charge >= 0.3 is 0 Å². The second kappa shape index (κ2) is 8.58. The van der Waals surface area contributed by atoms with Crippen LogP contribution in [0.3, 0.4) is 0 Å². The number of rotatable bonds is 6. The van der Waals surface area contributed by atoms with Crippen LogP contribution < -0.4 is 10.2 Å². The zero-order valence-corrected chi connectivity index (χ0v) is 16.0. The first-order valence-corrected chi connectivity index (χ1v) is 8.89. The van der Waals surface area contributed by atoms with E-state index in [1.165, 1.54) is 12.3 Å². The highest BCUT2D eigenvalue weighted by Crippen LogP contribution is 2.34. The minimum atomic E-state index is -0.455. The first kappa shape index (κ1) is 19.4. The number of ether oxygens (including phenoxy) is 1. The number of aryl methyl sites for hydroxylation is 1. The van der Waals surface area contributed by atoms with Crippen molar-refractivity contribution in [3.8, 4) is 22.8 Å². The maximum atomic E-state index is 12.6. The molecule has 0 bridgehead atoms. The maximum Gasteiger partial charge on any atom is 0.277 e. The highest BCUT2D eigenvalue weighted by Gasteiger charge is 2.21. The number of phenols is 1. The van der Waals surface area contributed by atoms with Crippen LogP contribution in [0.15, 0.2) is 52.1 Å². The fraction of sp³-hybridized carbons (Fsp3) is 0.150. The van der Waals surface area contributed by atoms with Crippen molar-refractivity contribution in [2.45, 2.75) is 13.8 Å². The van der Waals surface area contributed by atoms with Crippen LogP contribution in [0.4, 0.5) is 0 Å². The zero-order valence-electron chi connectivity index (χ0n) is 15.3. The lowest BCUT2D eigenvalue weighted by Gasteiger charge is -2.08. The van der Waals surface area contributed by atoms with E-state index in [0.717, 1.165) is 5.56 Å². The van der Waals surface area contributed by atoms with E-state index >= 15 is 0 Å². The third-order valence-corrected chi connectivity index (χ3v) is 4.16. The average molecular weight is 400 g/mol. The first-order chi connectivity index (χ1) is 13.5. The Morgan fingerprint density at radius 3 is 2.82 bits per heavy atom. The summed E-state index contributed by atoms with van der Waals surface area (Å²) in [5.74, 6) is 0.0305. The number of aromatic hydroxyl groups is 1. The third kappa shape index (κ3) is 4.15. The number of hydrogen-bond acceptors (Lipinski definition) is 6. The Bertz CT molecular complexity index is 1020. The van der Waals surface area contributed by atoms with E-state index in [1.54, 1.807) is 19.9 Å². The van der Waals surface area contributed by atoms with Crippen LogP contribution >= 0.6 is 11.6 Å². The monoisotopic (exact) mass is 399 g/mol. The number of amides is 1. The largest absolute Gasteiger partial charge is 0.503 e. The number of phenolic OH excluding ortho intramolecular Hbond substituents is 1. The topological polar surface area (TPSA) is 97.0 Å². The fourth-order valence-corrected chi connectivity index (χ4v) is 2.81. The van der Waals surface area contributed by atoms with Crippen molar-refractivity contribution < 1.29 is 19.2 Å². The van der Waals surface area contributed by atoms with Gasteiger partial charge in [-0.2, -0.15) is 5.10 Å². The van der Waals surface area contributed by atoms with Crippen molar-refractivity contribution >= 4 is 23.7 Å². The Morgan fingerprint density at radius 2 is 2.11 bits per heavy atom. The van der Waals surface area contributed by atoms with Crippen LogP contribution in [0.2, 0.25) is 5.02 Å². The molecule has 28 heavy (non-hydrogen) atoms. The molecule has 0 fully saturated rings. The summed E-state index contributed by atoms with van der Waals surface area (Å²) in [6.45, 7) is 3.82. The molecule has 0 aliphatic rings. The molecule has 0 aliphatic carbocycles. The number of halogens is 1. The van der Waals surface area contributed by atoms with Gasteiger partial charge in [0, 0.05) is 5.56 Å². The molecule has 3 rings (SSSR count). The van der Waals surface area contributed by atoms with E-state index < -0.39 is 5.91 Å². The molecule has 3 aromatic rings. The quantitative estimate of drug-likeness (QED) is 0.479. The van der Waals surface area contributed by atoms with Gasteiger partial charge in [0.15, 0.2) is 11.5 Å². The number of nitrogens with one attached hydrogen (secondary N) is 1. The van der Waals surface area contributed by atoms with E-state index in [4.69, 9.17) is 20.9 Å². The molecule has 2 N–H and O–H groups in total. The molecule has 1 aromatic heterocycles. The summed E-state index contributed by atoms with van der Waals surface area (Å²) in [7, 11) is 0. The number of carbonyl (C=O) groups is 1. The van der Waals surface area contributed by atoms with Gasteiger partial charge < -0.3 is 14.4 Å². The predicted molar refractivity (Wildman–Crippen MR) is 106 cm³/mol. The number of carbonyl (C=O) groups excluding carboxylic acids is 1. The molecular formula is C20H18ClN3O4. The molecule has 0 radical (unpaired) electrons. The van der Waals surface area contributed by atoms with Gasteiger partial charge in [0.1, 0.15) is 17.0 Å². The number of hydrazone groups is 1. The molecule has 0 saturated carbocycles. The number of hydrogen-bond donors (Lipinski definition) is 2. The van der Waals surface area contributed by atoms with E-state index in [9.17, 15) is 9.90 Å². The highest BCUT2D eigenvalue weighted by molar-refractivity contribution is 6.32. The van der Waals surface area contributed by atoms with Gasteiger partial charge in [-0.1, -0.05) is 47.1 Å². The average Bonchev–Trinajstić information content (AvgIpc) is 3.08. The summed E-state index contributed by atoms with van der Waals surface area (Å²) >= 11 is 5.99. The lowest BCUT2D eigenvalue weighted by Crippen LogP contribution is -2.18. The number of aromatic nitrogens is 1. The van der Waals surface area contributed by atoms with Crippen LogP contribution in [-0.4, -0.2) is 29.0 Å². The van der Waals surface area contributed by atoms with Crippen LogP contribution in [0, 0.1) is 6.92 Å². The number of benzene rings is 2. The fourth-order valence-electron chi connectivity index (χ4n) is 2.59. The maximum absolute atomic E-state index is 12.6. The molecule has 7 nitrogen and oxygen atoms in total. The van der Waals surface area contributed by atoms with Gasteiger partial charge in [-0.3, -0.25) is 4.79 Å². The molecule has 0 unspecified atom stereocenters. The van der Waals surface area contributed by atoms with Crippen molar-refractivity contribution in [1.29, 1.82) is 0 Å². The summed E-state index contributed by atoms with van der Waals surface area (Å²) in [5.41, 5.74) is 4.52. The minimum Gasteiger partial charge on any atom is -0.503 e. The summed E-state index contributed by atoms with van der Waals surface area (Å²) in [6, 6.07) is 12.3. The van der Waals surface area contributed by atoms with E-state index in [2.05, 4.69) is 15.7 Å². The summed E-state index contributed by atoms with van der Waals surface area (Å²) in [5, 5.41) is 17.9. The van der Waals surface area contributed by atoms with Crippen molar-refractivity contribution in [3.63, 3.8) is 0 Å². The van der Waals surface area contributed by atoms with E-state index in [0.29, 0.717) is 29.2 Å². The summed E-state index contributed by atoms with van der Waals surface area (Å²) < 4.78 is 10.5. The van der Waals surface area contributed by atoms with Gasteiger partial charge in [-0.25, -0.2) is 5.43 Å². The molecule has 1 amide bonds. The molecule has 0 atom stereocenters. The predicted octanol–water partition coefficient (Wildman–Crippen LogP) is 4.17. The molecular weight excluding hydrogens is 382 g/mol. The van der Waals surface area contributed by atoms with Crippen molar-refractivity contribution in [1.82, 2.24) is 10.6 Å². The van der Waals surface area contributed by atoms with Gasteiger partial charge in [0.05, 0.1) is 17.8 Å². The zero-order chi connectivity index (χ0) is 20.1. The van der Waals surface area contributed by atoms with Crippen LogP contribution in [0.25, 0.3) is 11.3 Å². The highest BCUT2D eigenvalue weighted by atomic mass is 35.5. The Kier molecular flexibility index (Phi) is 5.96. The Labute approximate surface area is 166 Å². The second-order valence-corrected chi connectivity index (χ2v) is 6.22. The first-order valence-electron chi connectivity index (χ1n) is 8.51. The molecule has 2 aromatic carbocycles. The smallest absolute Gasteiger partial charge is 0.277 e. The van der Waals surface area contributed by atoms with Crippen molar-refractivity contribution in [3.05, 3.63) is 64.4 Å². The summed E-state index contributed by atoms with van der Waals surface area (Å²) in [4.78, 5) is 12.6. The van der Waals surface area contributed by atoms with Crippen molar-refractivity contribution in [2.24, 2.45) is 5.10 Å². The van der Waals surface area contributed by atoms with E-state index in [1.807, 2.05) is 30.3 Å². The molecule has 1 heterocycles. The molecule has 0 saturated heterocycles. The molecule has 0 spiro atoms. The van der Waals surface area contributed by atoms with E-state index in [-0.39, 0.29) is 16.5 Å². The summed E-state index contributed by atoms with van der Waals surface area (Å²) in [6.07, 6.45) is 1.40. The van der Waals surface area contributed by atoms with Gasteiger partial charge in [-0.05, 0) is 31.5 Å². The number of nitrogens with zero attached hydrogens (tertiary/aromatic N) is 2. The Balaban J connectivity index is 1.79. The van der Waals surface area contributed by atoms with Crippen LogP contribution in [0.5, 0.6) is 11.5 Å². The molecule has 0 aliphatic heterocycles.